The van der Waals surface area contributed by atoms with Crippen molar-refractivity contribution in [2.24, 2.45) is 5.10 Å². The highest BCUT2D eigenvalue weighted by atomic mass is 79.9. The minimum absolute atomic E-state index is 0.278. The molecule has 1 N–H and O–H groups in total. The van der Waals surface area contributed by atoms with Gasteiger partial charge in [-0.15, -0.1) is 0 Å². The van der Waals surface area contributed by atoms with Gasteiger partial charge in [-0.3, -0.25) is 0 Å². The number of anilines is 3. The van der Waals surface area contributed by atoms with Crippen molar-refractivity contribution in [3.63, 3.8) is 0 Å². The maximum atomic E-state index is 13.1. The number of halogens is 3. The van der Waals surface area contributed by atoms with Crippen molar-refractivity contribution in [2.75, 3.05) is 67.8 Å². The lowest BCUT2D eigenvalue weighted by molar-refractivity contribution is 0.121. The highest BCUT2D eigenvalue weighted by Gasteiger charge is 2.20. The second-order valence-electron chi connectivity index (χ2n) is 8.56. The fourth-order valence-corrected chi connectivity index (χ4v) is 5.36. The fraction of sp³-hybridized carbons (Fsp3) is 0.360. The van der Waals surface area contributed by atoms with E-state index in [1.165, 1.54) is 12.1 Å². The van der Waals surface area contributed by atoms with Crippen LogP contribution in [0.4, 0.5) is 22.2 Å². The average molecular weight is 651 g/mol. The Labute approximate surface area is 236 Å². The van der Waals surface area contributed by atoms with Gasteiger partial charge in [-0.25, -0.2) is 9.82 Å². The largest absolute Gasteiger partial charge is 0.487 e. The van der Waals surface area contributed by atoms with Crippen LogP contribution in [0.3, 0.4) is 0 Å². The molecule has 3 heterocycles. The van der Waals surface area contributed by atoms with Crippen LogP contribution in [0.2, 0.25) is 0 Å². The number of hydrogen-bond acceptors (Lipinski definition) is 10. The molecule has 200 valence electrons. The average Bonchev–Trinajstić information content (AvgIpc) is 2.94. The highest BCUT2D eigenvalue weighted by Crippen LogP contribution is 2.35. The van der Waals surface area contributed by atoms with E-state index < -0.39 is 0 Å². The quantitative estimate of drug-likeness (QED) is 0.284. The van der Waals surface area contributed by atoms with E-state index in [2.05, 4.69) is 62.2 Å². The molecule has 0 unspecified atom stereocenters. The summed E-state index contributed by atoms with van der Waals surface area (Å²) >= 11 is 7.13. The predicted octanol–water partition coefficient (Wildman–Crippen LogP) is 4.23. The van der Waals surface area contributed by atoms with Crippen molar-refractivity contribution in [2.45, 2.75) is 6.61 Å². The molecular formula is C25H26Br2FN7O3. The lowest BCUT2D eigenvalue weighted by Gasteiger charge is -2.30. The lowest BCUT2D eigenvalue weighted by Crippen LogP contribution is -2.40. The maximum absolute atomic E-state index is 13.1. The molecule has 0 bridgehead atoms. The molecule has 0 saturated carbocycles. The predicted molar refractivity (Wildman–Crippen MR) is 150 cm³/mol. The van der Waals surface area contributed by atoms with Gasteiger partial charge in [0.05, 0.1) is 41.6 Å². The molecule has 1 aromatic heterocycles. The van der Waals surface area contributed by atoms with Gasteiger partial charge >= 0.3 is 0 Å². The monoisotopic (exact) mass is 649 g/mol. The number of nitrogens with zero attached hydrogens (tertiary/aromatic N) is 6. The number of ether oxygens (including phenoxy) is 3. The van der Waals surface area contributed by atoms with Crippen molar-refractivity contribution in [1.82, 2.24) is 15.0 Å². The van der Waals surface area contributed by atoms with Crippen molar-refractivity contribution in [3.8, 4) is 5.75 Å². The Bertz CT molecular complexity index is 1210. The van der Waals surface area contributed by atoms with Gasteiger partial charge in [0.25, 0.3) is 0 Å². The molecule has 38 heavy (non-hydrogen) atoms. The van der Waals surface area contributed by atoms with Crippen LogP contribution in [-0.2, 0) is 16.1 Å². The highest BCUT2D eigenvalue weighted by molar-refractivity contribution is 9.11. The summed E-state index contributed by atoms with van der Waals surface area (Å²) in [5.74, 6) is 1.91. The zero-order valence-corrected chi connectivity index (χ0v) is 23.6. The number of benzene rings is 2. The summed E-state index contributed by atoms with van der Waals surface area (Å²) in [4.78, 5) is 18.1. The number of rotatable bonds is 8. The third kappa shape index (κ3) is 6.95. The Morgan fingerprint density at radius 3 is 2.00 bits per heavy atom. The molecule has 2 saturated heterocycles. The molecule has 2 aliphatic rings. The van der Waals surface area contributed by atoms with E-state index in [-0.39, 0.29) is 5.82 Å². The fourth-order valence-electron chi connectivity index (χ4n) is 3.91. The summed E-state index contributed by atoms with van der Waals surface area (Å²) in [5.41, 5.74) is 4.64. The number of aromatic nitrogens is 3. The Morgan fingerprint density at radius 1 is 0.895 bits per heavy atom. The van der Waals surface area contributed by atoms with E-state index >= 15 is 0 Å². The topological polar surface area (TPSA) is 97.2 Å². The zero-order valence-electron chi connectivity index (χ0n) is 20.4. The molecule has 2 fully saturated rings. The molecule has 10 nitrogen and oxygen atoms in total. The van der Waals surface area contributed by atoms with Crippen LogP contribution < -0.4 is 20.0 Å². The molecule has 2 aromatic carbocycles. The Kier molecular flexibility index (Phi) is 8.99. The van der Waals surface area contributed by atoms with Crippen LogP contribution in [0, 0.1) is 5.82 Å². The molecule has 0 aliphatic carbocycles. The third-order valence-electron chi connectivity index (χ3n) is 5.89. The first-order valence-electron chi connectivity index (χ1n) is 12.1. The molecule has 0 radical (unpaired) electrons. The first kappa shape index (κ1) is 26.7. The minimum Gasteiger partial charge on any atom is -0.487 e. The van der Waals surface area contributed by atoms with Crippen LogP contribution in [0.1, 0.15) is 11.1 Å². The minimum atomic E-state index is -0.278. The molecule has 0 amide bonds. The first-order valence-corrected chi connectivity index (χ1v) is 13.7. The Balaban J connectivity index is 1.29. The SMILES string of the molecule is Fc1ccc(COc2c(Br)cc(/C=N/Nc3nc(N4CCOCC4)nc(N4CCOCC4)n3)cc2Br)cc1. The van der Waals surface area contributed by atoms with Crippen molar-refractivity contribution < 1.29 is 18.6 Å². The van der Waals surface area contributed by atoms with Gasteiger partial charge in [-0.1, -0.05) is 12.1 Å². The van der Waals surface area contributed by atoms with E-state index in [4.69, 9.17) is 19.2 Å². The van der Waals surface area contributed by atoms with Crippen molar-refractivity contribution in [3.05, 3.63) is 62.3 Å². The van der Waals surface area contributed by atoms with Crippen molar-refractivity contribution in [1.29, 1.82) is 0 Å². The van der Waals surface area contributed by atoms with Crippen LogP contribution in [0.15, 0.2) is 50.4 Å². The van der Waals surface area contributed by atoms with E-state index in [1.54, 1.807) is 18.3 Å². The molecular weight excluding hydrogens is 625 g/mol. The number of nitrogens with one attached hydrogen (secondary N) is 1. The Morgan fingerprint density at radius 2 is 1.45 bits per heavy atom. The second kappa shape index (κ2) is 12.8. The zero-order chi connectivity index (χ0) is 26.3. The van der Waals surface area contributed by atoms with Gasteiger partial charge in [-0.05, 0) is 67.3 Å². The van der Waals surface area contributed by atoms with Gasteiger partial charge in [0, 0.05) is 26.2 Å². The van der Waals surface area contributed by atoms with Crippen molar-refractivity contribution >= 4 is 55.9 Å². The maximum Gasteiger partial charge on any atom is 0.250 e. The summed E-state index contributed by atoms with van der Waals surface area (Å²) in [6.07, 6.45) is 1.67. The van der Waals surface area contributed by atoms with E-state index in [1.807, 2.05) is 12.1 Å². The van der Waals surface area contributed by atoms with E-state index in [9.17, 15) is 4.39 Å². The van der Waals surface area contributed by atoms with E-state index in [0.717, 1.165) is 20.1 Å². The smallest absolute Gasteiger partial charge is 0.250 e. The molecule has 0 spiro atoms. The molecule has 0 atom stereocenters. The number of morpholine rings is 2. The summed E-state index contributed by atoms with van der Waals surface area (Å²) in [6, 6.07) is 9.99. The van der Waals surface area contributed by atoms with Gasteiger partial charge < -0.3 is 24.0 Å². The van der Waals surface area contributed by atoms with Gasteiger partial charge in [-0.2, -0.15) is 20.1 Å². The summed E-state index contributed by atoms with van der Waals surface area (Å²) in [5, 5.41) is 4.37. The normalized spacial score (nSPS) is 16.2. The standard InChI is InChI=1S/C25H26Br2FN7O3/c26-20-13-18(14-21(27)22(20)38-16-17-1-3-19(28)4-2-17)15-29-33-23-30-24(34-5-9-36-10-6-34)32-25(31-23)35-7-11-37-12-8-35/h1-4,13-15H,5-12,16H2,(H,30,31,32,33)/b29-15+. The van der Waals surface area contributed by atoms with Crippen LogP contribution in [-0.4, -0.2) is 73.8 Å². The van der Waals surface area contributed by atoms with Gasteiger partial charge in [0.15, 0.2) is 0 Å². The molecule has 3 aromatic rings. The van der Waals surface area contributed by atoms with E-state index in [0.29, 0.717) is 82.8 Å². The van der Waals surface area contributed by atoms with Crippen LogP contribution >= 0.6 is 31.9 Å². The number of hydrogen-bond donors (Lipinski definition) is 1. The van der Waals surface area contributed by atoms with Crippen LogP contribution in [0.25, 0.3) is 0 Å². The van der Waals surface area contributed by atoms with Gasteiger partial charge in [0.1, 0.15) is 18.2 Å². The number of hydrazone groups is 1. The molecule has 13 heteroatoms. The summed E-state index contributed by atoms with van der Waals surface area (Å²) in [7, 11) is 0. The van der Waals surface area contributed by atoms with Crippen LogP contribution in [0.5, 0.6) is 5.75 Å². The molecule has 2 aliphatic heterocycles. The Hall–Kier alpha value is -2.87. The summed E-state index contributed by atoms with van der Waals surface area (Å²) < 4.78 is 31.5. The first-order chi connectivity index (χ1) is 18.5. The second-order valence-corrected chi connectivity index (χ2v) is 10.3. The third-order valence-corrected chi connectivity index (χ3v) is 7.07. The summed E-state index contributed by atoms with van der Waals surface area (Å²) in [6.45, 7) is 5.70. The lowest BCUT2D eigenvalue weighted by atomic mass is 10.2. The van der Waals surface area contributed by atoms with Gasteiger partial charge in [0.2, 0.25) is 17.8 Å². The molecule has 5 rings (SSSR count).